The molecule has 5 nitrogen and oxygen atoms in total. The van der Waals surface area contributed by atoms with Crippen LogP contribution in [-0.2, 0) is 9.59 Å². The maximum atomic E-state index is 12.9. The highest BCUT2D eigenvalue weighted by molar-refractivity contribution is 6.06. The van der Waals surface area contributed by atoms with E-state index in [1.165, 1.54) is 12.3 Å². The first-order valence-electron chi connectivity index (χ1n) is 9.83. The van der Waals surface area contributed by atoms with E-state index in [4.69, 9.17) is 4.74 Å². The van der Waals surface area contributed by atoms with E-state index in [1.54, 1.807) is 4.90 Å². The number of rotatable bonds is 6. The molecule has 0 bridgehead atoms. The number of carbonyl (C=O) groups is 2. The topological polar surface area (TPSA) is 58.6 Å². The van der Waals surface area contributed by atoms with E-state index < -0.39 is 6.04 Å². The summed E-state index contributed by atoms with van der Waals surface area (Å²) in [5.74, 6) is 0.521. The number of anilines is 1. The van der Waals surface area contributed by atoms with E-state index >= 15 is 0 Å². The van der Waals surface area contributed by atoms with Gasteiger partial charge in [0, 0.05) is 24.7 Å². The van der Waals surface area contributed by atoms with E-state index in [-0.39, 0.29) is 11.8 Å². The van der Waals surface area contributed by atoms with E-state index in [0.717, 1.165) is 28.0 Å². The third-order valence-electron chi connectivity index (χ3n) is 5.16. The van der Waals surface area contributed by atoms with E-state index in [1.807, 2.05) is 55.5 Å². The molecular formula is C24H24N2O3. The summed E-state index contributed by atoms with van der Waals surface area (Å²) in [6.07, 6.45) is 0.693. The van der Waals surface area contributed by atoms with Crippen molar-refractivity contribution in [2.24, 2.45) is 0 Å². The molecule has 0 spiro atoms. The van der Waals surface area contributed by atoms with Gasteiger partial charge >= 0.3 is 0 Å². The molecule has 0 radical (unpaired) electrons. The van der Waals surface area contributed by atoms with Gasteiger partial charge in [0.25, 0.3) is 5.91 Å². The first-order valence-corrected chi connectivity index (χ1v) is 9.83. The average molecular weight is 388 g/mol. The first-order chi connectivity index (χ1) is 14.0. The summed E-state index contributed by atoms with van der Waals surface area (Å²) in [7, 11) is 0. The van der Waals surface area contributed by atoms with Crippen LogP contribution in [0.3, 0.4) is 0 Å². The zero-order valence-corrected chi connectivity index (χ0v) is 16.6. The van der Waals surface area contributed by atoms with Crippen LogP contribution in [0.5, 0.6) is 5.75 Å². The summed E-state index contributed by atoms with van der Waals surface area (Å²) in [5, 5.41) is 5.10. The van der Waals surface area contributed by atoms with Crippen molar-refractivity contribution in [1.29, 1.82) is 0 Å². The lowest BCUT2D eigenvalue weighted by Gasteiger charge is -2.18. The van der Waals surface area contributed by atoms with Gasteiger partial charge in [0.1, 0.15) is 11.8 Å². The van der Waals surface area contributed by atoms with Gasteiger partial charge in [-0.3, -0.25) is 9.59 Å². The molecule has 5 heteroatoms. The largest absolute Gasteiger partial charge is 0.494 e. The number of benzene rings is 3. The Balaban J connectivity index is 1.41. The monoisotopic (exact) mass is 388 g/mol. The second kappa shape index (κ2) is 7.95. The van der Waals surface area contributed by atoms with Gasteiger partial charge in [-0.15, -0.1) is 0 Å². The molecule has 0 saturated heterocycles. The third-order valence-corrected chi connectivity index (χ3v) is 5.16. The molecule has 1 N–H and O–H groups in total. The van der Waals surface area contributed by atoms with Gasteiger partial charge in [0.15, 0.2) is 0 Å². The Morgan fingerprint density at radius 3 is 2.66 bits per heavy atom. The summed E-state index contributed by atoms with van der Waals surface area (Å²) in [6.45, 7) is 4.46. The molecule has 0 unspecified atom stereocenters. The van der Waals surface area contributed by atoms with Crippen LogP contribution in [0.1, 0.15) is 30.5 Å². The standard InChI is InChI=1S/C24H24N2O3/c1-16-8-11-22-21(14-16)23(25-17(2)27)24(28)26(22)12-5-13-29-20-10-9-18-6-3-4-7-19(18)15-20/h3-4,6-11,14-15,23H,5,12-13H2,1-2H3,(H,25,27)/t23-/m1/s1. The van der Waals surface area contributed by atoms with Crippen molar-refractivity contribution < 1.29 is 14.3 Å². The quantitative estimate of drug-likeness (QED) is 0.646. The fraction of sp³-hybridized carbons (Fsp3) is 0.250. The molecule has 1 aliphatic heterocycles. The van der Waals surface area contributed by atoms with Gasteiger partial charge in [0.05, 0.1) is 6.61 Å². The molecule has 0 saturated carbocycles. The lowest BCUT2D eigenvalue weighted by atomic mass is 10.1. The van der Waals surface area contributed by atoms with Crippen molar-refractivity contribution in [2.75, 3.05) is 18.1 Å². The highest BCUT2D eigenvalue weighted by atomic mass is 16.5. The van der Waals surface area contributed by atoms with Crippen LogP contribution < -0.4 is 15.0 Å². The number of nitrogens with one attached hydrogen (secondary N) is 1. The SMILES string of the molecule is CC(=O)N[C@H]1C(=O)N(CCCOc2ccc3ccccc3c2)c2ccc(C)cc21. The van der Waals surface area contributed by atoms with Crippen LogP contribution in [0, 0.1) is 6.92 Å². The molecule has 0 fully saturated rings. The van der Waals surface area contributed by atoms with Gasteiger partial charge in [-0.1, -0.05) is 48.0 Å². The van der Waals surface area contributed by atoms with Gasteiger partial charge in [-0.25, -0.2) is 0 Å². The Morgan fingerprint density at radius 2 is 1.86 bits per heavy atom. The van der Waals surface area contributed by atoms with Crippen molar-refractivity contribution in [3.63, 3.8) is 0 Å². The van der Waals surface area contributed by atoms with Crippen LogP contribution in [0.25, 0.3) is 10.8 Å². The lowest BCUT2D eigenvalue weighted by Crippen LogP contribution is -2.37. The smallest absolute Gasteiger partial charge is 0.254 e. The minimum atomic E-state index is -0.608. The Kier molecular flexibility index (Phi) is 5.21. The zero-order valence-electron chi connectivity index (χ0n) is 16.6. The second-order valence-electron chi connectivity index (χ2n) is 7.40. The van der Waals surface area contributed by atoms with E-state index in [0.29, 0.717) is 19.6 Å². The molecule has 3 aromatic carbocycles. The van der Waals surface area contributed by atoms with Crippen molar-refractivity contribution >= 4 is 28.3 Å². The Bertz CT molecular complexity index is 1080. The van der Waals surface area contributed by atoms with Crippen LogP contribution in [0.15, 0.2) is 60.7 Å². The van der Waals surface area contributed by atoms with Gasteiger partial charge < -0.3 is 15.0 Å². The summed E-state index contributed by atoms with van der Waals surface area (Å²) < 4.78 is 5.90. The Labute approximate surface area is 170 Å². The lowest BCUT2D eigenvalue weighted by molar-refractivity contribution is -0.126. The van der Waals surface area contributed by atoms with Crippen molar-refractivity contribution in [2.45, 2.75) is 26.3 Å². The molecule has 1 atom stereocenters. The zero-order chi connectivity index (χ0) is 20.4. The van der Waals surface area contributed by atoms with Gasteiger partial charge in [0.2, 0.25) is 5.91 Å². The van der Waals surface area contributed by atoms with E-state index in [2.05, 4.69) is 17.4 Å². The molecule has 29 heavy (non-hydrogen) atoms. The van der Waals surface area contributed by atoms with Crippen molar-refractivity contribution in [1.82, 2.24) is 5.32 Å². The number of fused-ring (bicyclic) bond motifs is 2. The van der Waals surface area contributed by atoms with Crippen molar-refractivity contribution in [3.8, 4) is 5.75 Å². The van der Waals surface area contributed by atoms with Crippen LogP contribution in [0.2, 0.25) is 0 Å². The number of ether oxygens (including phenoxy) is 1. The number of nitrogens with zero attached hydrogens (tertiary/aromatic N) is 1. The molecular weight excluding hydrogens is 364 g/mol. The normalized spacial score (nSPS) is 15.4. The number of hydrogen-bond donors (Lipinski definition) is 1. The summed E-state index contributed by atoms with van der Waals surface area (Å²) >= 11 is 0. The molecule has 148 valence electrons. The Morgan fingerprint density at radius 1 is 1.07 bits per heavy atom. The van der Waals surface area contributed by atoms with Gasteiger partial charge in [-0.05, 0) is 42.3 Å². The molecule has 3 aromatic rings. The number of carbonyl (C=O) groups excluding carboxylic acids is 2. The van der Waals surface area contributed by atoms with Gasteiger partial charge in [-0.2, -0.15) is 0 Å². The molecule has 0 aliphatic carbocycles. The molecule has 2 amide bonds. The van der Waals surface area contributed by atoms with Crippen LogP contribution in [0.4, 0.5) is 5.69 Å². The molecule has 4 rings (SSSR count). The minimum absolute atomic E-state index is 0.0912. The predicted molar refractivity (Wildman–Crippen MR) is 114 cm³/mol. The van der Waals surface area contributed by atoms with Crippen LogP contribution in [-0.4, -0.2) is 25.0 Å². The number of aryl methyl sites for hydroxylation is 1. The third kappa shape index (κ3) is 3.94. The van der Waals surface area contributed by atoms with Crippen LogP contribution >= 0.6 is 0 Å². The Hall–Kier alpha value is -3.34. The molecule has 1 heterocycles. The van der Waals surface area contributed by atoms with E-state index in [9.17, 15) is 9.59 Å². The number of hydrogen-bond acceptors (Lipinski definition) is 3. The predicted octanol–water partition coefficient (Wildman–Crippen LogP) is 4.14. The highest BCUT2D eigenvalue weighted by Crippen LogP contribution is 2.36. The summed E-state index contributed by atoms with van der Waals surface area (Å²) in [4.78, 5) is 26.2. The minimum Gasteiger partial charge on any atom is -0.494 e. The number of amides is 2. The molecule has 1 aliphatic rings. The maximum absolute atomic E-state index is 12.9. The fourth-order valence-corrected chi connectivity index (χ4v) is 3.80. The molecule has 0 aromatic heterocycles. The summed E-state index contributed by atoms with van der Waals surface area (Å²) in [5.41, 5.74) is 2.79. The maximum Gasteiger partial charge on any atom is 0.254 e. The second-order valence-corrected chi connectivity index (χ2v) is 7.40. The summed E-state index contributed by atoms with van der Waals surface area (Å²) in [6, 6.07) is 19.5. The average Bonchev–Trinajstić information content (AvgIpc) is 2.95. The van der Waals surface area contributed by atoms with Crippen molar-refractivity contribution in [3.05, 3.63) is 71.8 Å². The fourth-order valence-electron chi connectivity index (χ4n) is 3.80. The first kappa shape index (κ1) is 19.0. The highest BCUT2D eigenvalue weighted by Gasteiger charge is 2.37.